The van der Waals surface area contributed by atoms with E-state index in [2.05, 4.69) is 0 Å². The second kappa shape index (κ2) is 6.58. The highest BCUT2D eigenvalue weighted by atomic mass is 32.2. The summed E-state index contributed by atoms with van der Waals surface area (Å²) < 4.78 is 60.1. The molecule has 0 aliphatic carbocycles. The number of aliphatic hydroxyl groups excluding tert-OH is 1. The zero-order valence-corrected chi connectivity index (χ0v) is 11.8. The summed E-state index contributed by atoms with van der Waals surface area (Å²) in [7, 11) is -3.12. The van der Waals surface area contributed by atoms with Crippen LogP contribution in [0.2, 0.25) is 0 Å². The zero-order chi connectivity index (χ0) is 15.4. The van der Waals surface area contributed by atoms with Crippen LogP contribution in [0.1, 0.15) is 37.0 Å². The molecular formula is C13H17F3O3S. The van der Waals surface area contributed by atoms with E-state index in [1.807, 2.05) is 0 Å². The Labute approximate surface area is 116 Å². The molecule has 0 saturated carbocycles. The topological polar surface area (TPSA) is 54.4 Å². The molecule has 0 bridgehead atoms. The molecule has 0 saturated heterocycles. The fourth-order valence-corrected chi connectivity index (χ4v) is 2.63. The first kappa shape index (κ1) is 17.0. The minimum atomic E-state index is -4.46. The van der Waals surface area contributed by atoms with Gasteiger partial charge >= 0.3 is 6.18 Å². The van der Waals surface area contributed by atoms with Gasteiger partial charge in [0.05, 0.1) is 17.4 Å². The molecule has 0 radical (unpaired) electrons. The minimum Gasteiger partial charge on any atom is -0.388 e. The highest BCUT2D eigenvalue weighted by molar-refractivity contribution is 7.91. The molecule has 114 valence electrons. The van der Waals surface area contributed by atoms with E-state index >= 15 is 0 Å². The van der Waals surface area contributed by atoms with Gasteiger partial charge in [-0.2, -0.15) is 13.2 Å². The molecule has 0 aliphatic rings. The number of rotatable bonds is 6. The molecule has 0 heterocycles. The molecular weight excluding hydrogens is 293 g/mol. The fraction of sp³-hybridized carbons (Fsp3) is 0.538. The summed E-state index contributed by atoms with van der Waals surface area (Å²) in [5.41, 5.74) is -0.677. The zero-order valence-electron chi connectivity index (χ0n) is 11.0. The monoisotopic (exact) mass is 310 g/mol. The van der Waals surface area contributed by atoms with Crippen LogP contribution in [0.3, 0.4) is 0 Å². The SMILES string of the molecule is CCS(=O)(=O)CCCC(O)c1cccc(C(F)(F)F)c1. The van der Waals surface area contributed by atoms with Gasteiger partial charge in [-0.3, -0.25) is 0 Å². The molecule has 7 heteroatoms. The predicted molar refractivity (Wildman–Crippen MR) is 70.0 cm³/mol. The van der Waals surface area contributed by atoms with Crippen LogP contribution in [-0.4, -0.2) is 25.0 Å². The van der Waals surface area contributed by atoms with Crippen molar-refractivity contribution in [2.24, 2.45) is 0 Å². The summed E-state index contributed by atoms with van der Waals surface area (Å²) >= 11 is 0. The lowest BCUT2D eigenvalue weighted by molar-refractivity contribution is -0.137. The number of sulfone groups is 1. The maximum atomic E-state index is 12.5. The third-order valence-corrected chi connectivity index (χ3v) is 4.76. The molecule has 0 aromatic heterocycles. The summed E-state index contributed by atoms with van der Waals surface area (Å²) in [6.07, 6.45) is -5.22. The number of hydrogen-bond donors (Lipinski definition) is 1. The van der Waals surface area contributed by atoms with E-state index in [1.54, 1.807) is 0 Å². The Morgan fingerprint density at radius 1 is 1.30 bits per heavy atom. The van der Waals surface area contributed by atoms with Crippen molar-refractivity contribution in [1.82, 2.24) is 0 Å². The summed E-state index contributed by atoms with van der Waals surface area (Å²) in [5.74, 6) is -0.0494. The lowest BCUT2D eigenvalue weighted by Crippen LogP contribution is -2.10. The first-order valence-electron chi connectivity index (χ1n) is 6.21. The smallest absolute Gasteiger partial charge is 0.388 e. The van der Waals surface area contributed by atoms with Crippen molar-refractivity contribution >= 4 is 9.84 Å². The van der Waals surface area contributed by atoms with E-state index in [4.69, 9.17) is 0 Å². The Morgan fingerprint density at radius 3 is 2.50 bits per heavy atom. The van der Waals surface area contributed by atoms with Crippen molar-refractivity contribution < 1.29 is 26.7 Å². The van der Waals surface area contributed by atoms with Crippen molar-refractivity contribution in [3.63, 3.8) is 0 Å². The fourth-order valence-electron chi connectivity index (χ4n) is 1.73. The van der Waals surface area contributed by atoms with Crippen LogP contribution in [0.25, 0.3) is 0 Å². The Morgan fingerprint density at radius 2 is 1.95 bits per heavy atom. The number of alkyl halides is 3. The highest BCUT2D eigenvalue weighted by Gasteiger charge is 2.30. The van der Waals surface area contributed by atoms with Gasteiger partial charge in [-0.25, -0.2) is 8.42 Å². The molecule has 0 fully saturated rings. The second-order valence-corrected chi connectivity index (χ2v) is 6.99. The van der Waals surface area contributed by atoms with Crippen molar-refractivity contribution in [1.29, 1.82) is 0 Å². The highest BCUT2D eigenvalue weighted by Crippen LogP contribution is 2.31. The maximum Gasteiger partial charge on any atom is 0.416 e. The minimum absolute atomic E-state index is 0.0205. The molecule has 20 heavy (non-hydrogen) atoms. The Hall–Kier alpha value is -1.08. The third-order valence-electron chi connectivity index (χ3n) is 2.97. The van der Waals surface area contributed by atoms with Crippen LogP contribution >= 0.6 is 0 Å². The van der Waals surface area contributed by atoms with E-state index in [0.717, 1.165) is 12.1 Å². The van der Waals surface area contributed by atoms with Crippen LogP contribution < -0.4 is 0 Å². The van der Waals surface area contributed by atoms with Gasteiger partial charge in [-0.05, 0) is 30.5 Å². The Kier molecular flexibility index (Phi) is 5.59. The predicted octanol–water partition coefficient (Wildman–Crippen LogP) is 2.95. The average molecular weight is 310 g/mol. The van der Waals surface area contributed by atoms with Crippen LogP contribution in [0.5, 0.6) is 0 Å². The first-order valence-corrected chi connectivity index (χ1v) is 8.03. The van der Waals surface area contributed by atoms with Gasteiger partial charge in [0.2, 0.25) is 0 Å². The van der Waals surface area contributed by atoms with Gasteiger partial charge in [0.1, 0.15) is 9.84 Å². The summed E-state index contributed by atoms with van der Waals surface area (Å²) in [4.78, 5) is 0. The van der Waals surface area contributed by atoms with Gasteiger partial charge in [0, 0.05) is 5.75 Å². The largest absolute Gasteiger partial charge is 0.416 e. The Bertz CT molecular complexity index is 538. The van der Waals surface area contributed by atoms with E-state index in [1.165, 1.54) is 19.1 Å². The maximum absolute atomic E-state index is 12.5. The summed E-state index contributed by atoms with van der Waals surface area (Å²) in [6.45, 7) is 1.53. The molecule has 1 aromatic carbocycles. The van der Waals surface area contributed by atoms with Gasteiger partial charge in [-0.1, -0.05) is 19.1 Å². The lowest BCUT2D eigenvalue weighted by atomic mass is 10.0. The van der Waals surface area contributed by atoms with Crippen LogP contribution in [0.15, 0.2) is 24.3 Å². The normalized spacial score (nSPS) is 14.2. The Balaban J connectivity index is 2.67. The molecule has 1 rings (SSSR count). The van der Waals surface area contributed by atoms with Crippen LogP contribution in [0.4, 0.5) is 13.2 Å². The third kappa shape index (κ3) is 5.13. The lowest BCUT2D eigenvalue weighted by Gasteiger charge is -2.13. The van der Waals surface area contributed by atoms with E-state index in [9.17, 15) is 26.7 Å². The molecule has 0 spiro atoms. The van der Waals surface area contributed by atoms with Gasteiger partial charge < -0.3 is 5.11 Å². The number of aliphatic hydroxyl groups is 1. The first-order chi connectivity index (χ1) is 9.15. The molecule has 0 amide bonds. The van der Waals surface area contributed by atoms with E-state index in [-0.39, 0.29) is 29.9 Å². The summed E-state index contributed by atoms with van der Waals surface area (Å²) in [5, 5.41) is 9.82. The van der Waals surface area contributed by atoms with E-state index in [0.29, 0.717) is 0 Å². The number of halogens is 3. The molecule has 0 aliphatic heterocycles. The molecule has 1 N–H and O–H groups in total. The van der Waals surface area contributed by atoms with Gasteiger partial charge in [0.15, 0.2) is 0 Å². The molecule has 1 atom stereocenters. The van der Waals surface area contributed by atoms with Gasteiger partial charge in [-0.15, -0.1) is 0 Å². The van der Waals surface area contributed by atoms with Crippen molar-refractivity contribution in [3.05, 3.63) is 35.4 Å². The summed E-state index contributed by atoms with van der Waals surface area (Å²) in [6, 6.07) is 4.44. The van der Waals surface area contributed by atoms with E-state index < -0.39 is 27.7 Å². The quantitative estimate of drug-likeness (QED) is 0.879. The second-order valence-electron chi connectivity index (χ2n) is 4.52. The number of benzene rings is 1. The van der Waals surface area contributed by atoms with Crippen molar-refractivity contribution in [2.75, 3.05) is 11.5 Å². The van der Waals surface area contributed by atoms with Gasteiger partial charge in [0.25, 0.3) is 0 Å². The average Bonchev–Trinajstić information content (AvgIpc) is 2.37. The molecule has 3 nitrogen and oxygen atoms in total. The van der Waals surface area contributed by atoms with Crippen LogP contribution in [0, 0.1) is 0 Å². The molecule has 1 unspecified atom stereocenters. The molecule has 1 aromatic rings. The standard InChI is InChI=1S/C13H17F3O3S/c1-2-20(18,19)8-4-7-12(17)10-5-3-6-11(9-10)13(14,15)16/h3,5-6,9,12,17H,2,4,7-8H2,1H3. The van der Waals surface area contributed by atoms with Crippen LogP contribution in [-0.2, 0) is 16.0 Å². The van der Waals surface area contributed by atoms with Crippen molar-refractivity contribution in [3.8, 4) is 0 Å². The number of hydrogen-bond acceptors (Lipinski definition) is 3. The van der Waals surface area contributed by atoms with Crippen molar-refractivity contribution in [2.45, 2.75) is 32.0 Å².